The number of halogens is 1. The molecule has 138 valence electrons. The summed E-state index contributed by atoms with van der Waals surface area (Å²) in [5, 5.41) is 3.39. The van der Waals surface area contributed by atoms with E-state index in [0.29, 0.717) is 10.6 Å². The minimum atomic E-state index is -0.196. The molecule has 2 aromatic rings. The minimum absolute atomic E-state index is 0.119. The quantitative estimate of drug-likeness (QED) is 0.848. The summed E-state index contributed by atoms with van der Waals surface area (Å²) >= 11 is 6.11. The average Bonchev–Trinajstić information content (AvgIpc) is 2.58. The van der Waals surface area contributed by atoms with Crippen LogP contribution >= 0.6 is 11.6 Å². The number of carbonyl (C=O) groups excluding carboxylic acids is 1. The zero-order valence-electron chi connectivity index (χ0n) is 15.3. The smallest absolute Gasteiger partial charge is 0.257 e. The maximum Gasteiger partial charge on any atom is 0.257 e. The van der Waals surface area contributed by atoms with E-state index in [9.17, 15) is 4.79 Å². The number of hydrogen-bond acceptors (Lipinski definition) is 3. The normalized spacial score (nSPS) is 19.9. The number of carbonyl (C=O) groups is 1. The standard InChI is InChI=1S/C21H26ClN3O/c1-21(2)14-25(11-10-19(21)23)13-15-6-5-7-16(12-15)24-20(26)17-8-3-4-9-18(17)22/h3-9,12,19H,10-11,13-14,23H2,1-2H3,(H,24,26). The SMILES string of the molecule is CC1(C)CN(Cc2cccc(NC(=O)c3ccccc3Cl)c2)CCC1N. The van der Waals surface area contributed by atoms with Crippen molar-refractivity contribution in [1.82, 2.24) is 4.90 Å². The lowest BCUT2D eigenvalue weighted by Gasteiger charge is -2.42. The molecule has 0 bridgehead atoms. The highest BCUT2D eigenvalue weighted by atomic mass is 35.5. The highest BCUT2D eigenvalue weighted by Gasteiger charge is 2.33. The summed E-state index contributed by atoms with van der Waals surface area (Å²) in [7, 11) is 0. The van der Waals surface area contributed by atoms with Gasteiger partial charge in [0, 0.05) is 31.4 Å². The summed E-state index contributed by atoms with van der Waals surface area (Å²) in [6.45, 7) is 7.28. The Kier molecular flexibility index (Phi) is 5.66. The van der Waals surface area contributed by atoms with Gasteiger partial charge in [-0.3, -0.25) is 9.69 Å². The molecule has 1 aliphatic heterocycles. The van der Waals surface area contributed by atoms with Gasteiger partial charge in [-0.1, -0.05) is 49.7 Å². The topological polar surface area (TPSA) is 58.4 Å². The molecule has 1 unspecified atom stereocenters. The molecule has 1 fully saturated rings. The van der Waals surface area contributed by atoms with Crippen molar-refractivity contribution in [3.05, 3.63) is 64.7 Å². The molecule has 4 nitrogen and oxygen atoms in total. The Morgan fingerprint density at radius 1 is 1.27 bits per heavy atom. The second-order valence-electron chi connectivity index (χ2n) is 7.73. The molecular formula is C21H26ClN3O. The van der Waals surface area contributed by atoms with Gasteiger partial charge in [0.25, 0.3) is 5.91 Å². The van der Waals surface area contributed by atoms with Crippen LogP contribution < -0.4 is 11.1 Å². The van der Waals surface area contributed by atoms with Crippen LogP contribution in [-0.2, 0) is 6.54 Å². The van der Waals surface area contributed by atoms with E-state index >= 15 is 0 Å². The third kappa shape index (κ3) is 4.44. The van der Waals surface area contributed by atoms with Crippen LogP contribution in [0.4, 0.5) is 5.69 Å². The summed E-state index contributed by atoms with van der Waals surface area (Å²) in [6.07, 6.45) is 1.01. The monoisotopic (exact) mass is 371 g/mol. The molecule has 0 spiro atoms. The van der Waals surface area contributed by atoms with E-state index < -0.39 is 0 Å². The van der Waals surface area contributed by atoms with Crippen LogP contribution in [0.3, 0.4) is 0 Å². The maximum absolute atomic E-state index is 12.4. The van der Waals surface area contributed by atoms with Crippen LogP contribution in [0.15, 0.2) is 48.5 Å². The molecule has 0 aromatic heterocycles. The first-order valence-corrected chi connectivity index (χ1v) is 9.36. The van der Waals surface area contributed by atoms with E-state index in [-0.39, 0.29) is 17.4 Å². The Balaban J connectivity index is 1.67. The lowest BCUT2D eigenvalue weighted by atomic mass is 9.79. The molecule has 0 radical (unpaired) electrons. The fourth-order valence-electron chi connectivity index (χ4n) is 3.47. The van der Waals surface area contributed by atoms with Crippen LogP contribution in [0.2, 0.25) is 5.02 Å². The largest absolute Gasteiger partial charge is 0.327 e. The van der Waals surface area contributed by atoms with Crippen molar-refractivity contribution in [3.63, 3.8) is 0 Å². The van der Waals surface area contributed by atoms with Crippen molar-refractivity contribution in [1.29, 1.82) is 0 Å². The molecule has 1 atom stereocenters. The number of anilines is 1. The van der Waals surface area contributed by atoms with E-state index in [1.807, 2.05) is 24.3 Å². The fraction of sp³-hybridized carbons (Fsp3) is 0.381. The first-order valence-electron chi connectivity index (χ1n) is 8.98. The molecule has 5 heteroatoms. The van der Waals surface area contributed by atoms with E-state index in [2.05, 4.69) is 30.1 Å². The molecule has 1 aliphatic rings. The number of nitrogens with two attached hydrogens (primary N) is 1. The maximum atomic E-state index is 12.4. The summed E-state index contributed by atoms with van der Waals surface area (Å²) in [5.74, 6) is -0.196. The lowest BCUT2D eigenvalue weighted by molar-refractivity contribution is 0.0899. The first kappa shape index (κ1) is 18.9. The predicted octanol–water partition coefficient (Wildman–Crippen LogP) is 4.15. The van der Waals surface area contributed by atoms with Crippen LogP contribution in [0.5, 0.6) is 0 Å². The van der Waals surface area contributed by atoms with Crippen molar-refractivity contribution in [3.8, 4) is 0 Å². The molecule has 3 rings (SSSR count). The number of likely N-dealkylation sites (tertiary alicyclic amines) is 1. The first-order chi connectivity index (χ1) is 12.3. The second kappa shape index (κ2) is 7.78. The van der Waals surface area contributed by atoms with E-state index in [1.54, 1.807) is 18.2 Å². The van der Waals surface area contributed by atoms with Gasteiger partial charge in [-0.05, 0) is 41.7 Å². The van der Waals surface area contributed by atoms with E-state index in [4.69, 9.17) is 17.3 Å². The minimum Gasteiger partial charge on any atom is -0.327 e. The number of hydrogen-bond donors (Lipinski definition) is 2. The van der Waals surface area contributed by atoms with Crippen molar-refractivity contribution in [2.75, 3.05) is 18.4 Å². The second-order valence-corrected chi connectivity index (χ2v) is 8.14. The third-order valence-corrected chi connectivity index (χ3v) is 5.43. The predicted molar refractivity (Wildman–Crippen MR) is 107 cm³/mol. The highest BCUT2D eigenvalue weighted by Crippen LogP contribution is 2.29. The zero-order valence-corrected chi connectivity index (χ0v) is 16.1. The number of rotatable bonds is 4. The van der Waals surface area contributed by atoms with Crippen LogP contribution in [0, 0.1) is 5.41 Å². The molecule has 1 amide bonds. The number of amides is 1. The van der Waals surface area contributed by atoms with Gasteiger partial charge in [-0.15, -0.1) is 0 Å². The molecule has 1 saturated heterocycles. The molecule has 2 aromatic carbocycles. The van der Waals surface area contributed by atoms with Gasteiger partial charge in [-0.25, -0.2) is 0 Å². The Hall–Kier alpha value is -1.88. The Labute approximate surface area is 160 Å². The summed E-state index contributed by atoms with van der Waals surface area (Å²) in [5.41, 5.74) is 8.78. The molecule has 1 heterocycles. The van der Waals surface area contributed by atoms with Crippen LogP contribution in [-0.4, -0.2) is 29.9 Å². The molecule has 0 aliphatic carbocycles. The lowest BCUT2D eigenvalue weighted by Crippen LogP contribution is -2.52. The van der Waals surface area contributed by atoms with Crippen LogP contribution in [0.25, 0.3) is 0 Å². The van der Waals surface area contributed by atoms with Gasteiger partial charge >= 0.3 is 0 Å². The zero-order chi connectivity index (χ0) is 18.7. The molecule has 26 heavy (non-hydrogen) atoms. The molecule has 0 saturated carbocycles. The number of benzene rings is 2. The summed E-state index contributed by atoms with van der Waals surface area (Å²) in [4.78, 5) is 14.9. The summed E-state index contributed by atoms with van der Waals surface area (Å²) in [6, 6.07) is 15.3. The van der Waals surface area contributed by atoms with Gasteiger partial charge in [0.2, 0.25) is 0 Å². The Morgan fingerprint density at radius 2 is 2.04 bits per heavy atom. The fourth-order valence-corrected chi connectivity index (χ4v) is 3.69. The van der Waals surface area contributed by atoms with Crippen LogP contribution in [0.1, 0.15) is 36.2 Å². The van der Waals surface area contributed by atoms with E-state index in [1.165, 1.54) is 5.56 Å². The third-order valence-electron chi connectivity index (χ3n) is 5.10. The van der Waals surface area contributed by atoms with Crippen molar-refractivity contribution in [2.45, 2.75) is 32.9 Å². The van der Waals surface area contributed by atoms with E-state index in [0.717, 1.165) is 31.7 Å². The van der Waals surface area contributed by atoms with Gasteiger partial charge in [0.05, 0.1) is 10.6 Å². The molecular weight excluding hydrogens is 346 g/mol. The number of piperidine rings is 1. The highest BCUT2D eigenvalue weighted by molar-refractivity contribution is 6.34. The Morgan fingerprint density at radius 3 is 2.77 bits per heavy atom. The Bertz CT molecular complexity index is 790. The van der Waals surface area contributed by atoms with Crippen molar-refractivity contribution in [2.24, 2.45) is 11.1 Å². The van der Waals surface area contributed by atoms with Gasteiger partial charge in [-0.2, -0.15) is 0 Å². The van der Waals surface area contributed by atoms with Gasteiger partial charge < -0.3 is 11.1 Å². The van der Waals surface area contributed by atoms with Gasteiger partial charge in [0.1, 0.15) is 0 Å². The molecule has 3 N–H and O–H groups in total. The summed E-state index contributed by atoms with van der Waals surface area (Å²) < 4.78 is 0. The van der Waals surface area contributed by atoms with Gasteiger partial charge in [0.15, 0.2) is 0 Å². The van der Waals surface area contributed by atoms with Crippen molar-refractivity contribution >= 4 is 23.2 Å². The number of nitrogens with zero attached hydrogens (tertiary/aromatic N) is 1. The van der Waals surface area contributed by atoms with Crippen molar-refractivity contribution < 1.29 is 4.79 Å². The average molecular weight is 372 g/mol. The number of nitrogens with one attached hydrogen (secondary N) is 1.